The Hall–Kier alpha value is -1.35. The van der Waals surface area contributed by atoms with Gasteiger partial charge in [0.1, 0.15) is 11.7 Å². The van der Waals surface area contributed by atoms with E-state index in [0.717, 1.165) is 44.1 Å². The molecule has 106 valence electrons. The number of hydrogen-bond acceptors (Lipinski definition) is 3. The molecule has 0 bridgehead atoms. The van der Waals surface area contributed by atoms with Gasteiger partial charge < -0.3 is 9.47 Å². The summed E-state index contributed by atoms with van der Waals surface area (Å²) in [5, 5.41) is 0. The van der Waals surface area contributed by atoms with Crippen LogP contribution >= 0.6 is 0 Å². The van der Waals surface area contributed by atoms with Crippen molar-refractivity contribution in [2.75, 3.05) is 0 Å². The van der Waals surface area contributed by atoms with E-state index in [9.17, 15) is 4.79 Å². The molecule has 1 aliphatic heterocycles. The third-order valence-corrected chi connectivity index (χ3v) is 4.90. The molecule has 0 amide bonds. The van der Waals surface area contributed by atoms with Crippen molar-refractivity contribution in [1.82, 2.24) is 0 Å². The van der Waals surface area contributed by atoms with Crippen molar-refractivity contribution >= 4 is 5.97 Å². The summed E-state index contributed by atoms with van der Waals surface area (Å²) >= 11 is 0. The number of rotatable bonds is 3. The molecule has 1 heterocycles. The lowest BCUT2D eigenvalue weighted by atomic mass is 9.84. The van der Waals surface area contributed by atoms with E-state index in [2.05, 4.69) is 6.92 Å². The van der Waals surface area contributed by atoms with Gasteiger partial charge in [0.15, 0.2) is 0 Å². The minimum atomic E-state index is -0.820. The van der Waals surface area contributed by atoms with E-state index in [1.165, 1.54) is 5.56 Å². The lowest BCUT2D eigenvalue weighted by Crippen LogP contribution is -2.33. The molecule has 3 nitrogen and oxygen atoms in total. The van der Waals surface area contributed by atoms with Crippen LogP contribution in [-0.2, 0) is 19.9 Å². The third-order valence-electron chi connectivity index (χ3n) is 4.90. The van der Waals surface area contributed by atoms with Crippen molar-refractivity contribution in [1.29, 1.82) is 0 Å². The number of esters is 1. The van der Waals surface area contributed by atoms with E-state index in [1.807, 2.05) is 24.3 Å². The monoisotopic (exact) mass is 272 g/mol. The number of carbonyl (C=O) groups excluding carboxylic acids is 1. The summed E-state index contributed by atoms with van der Waals surface area (Å²) in [5.74, 6) is -0.161. The Kier molecular flexibility index (Phi) is 2.53. The van der Waals surface area contributed by atoms with Gasteiger partial charge in [0, 0.05) is 0 Å². The van der Waals surface area contributed by atoms with Crippen molar-refractivity contribution in [3.8, 4) is 0 Å². The molecule has 1 saturated heterocycles. The van der Waals surface area contributed by atoms with Crippen LogP contribution in [0.4, 0.5) is 0 Å². The maximum absolute atomic E-state index is 12.7. The van der Waals surface area contributed by atoms with E-state index < -0.39 is 5.60 Å². The first-order valence-electron chi connectivity index (χ1n) is 7.65. The molecule has 1 unspecified atom stereocenters. The predicted octanol–water partition coefficient (Wildman–Crippen LogP) is 3.24. The average Bonchev–Trinajstić information content (AvgIpc) is 3.29. The summed E-state index contributed by atoms with van der Waals surface area (Å²) in [4.78, 5) is 12.7. The summed E-state index contributed by atoms with van der Waals surface area (Å²) in [5.41, 5.74) is 1.06. The van der Waals surface area contributed by atoms with Gasteiger partial charge >= 0.3 is 5.97 Å². The Morgan fingerprint density at radius 3 is 2.45 bits per heavy atom. The highest BCUT2D eigenvalue weighted by Crippen LogP contribution is 2.64. The Morgan fingerprint density at radius 1 is 1.20 bits per heavy atom. The number of hydrogen-bond donors (Lipinski definition) is 0. The lowest BCUT2D eigenvalue weighted by molar-refractivity contribution is -0.151. The molecule has 3 heteroatoms. The number of carbonyl (C=O) groups is 1. The Labute approximate surface area is 119 Å². The minimum Gasteiger partial charge on any atom is -0.460 e. The van der Waals surface area contributed by atoms with Crippen LogP contribution in [0.3, 0.4) is 0 Å². The maximum Gasteiger partial charge on any atom is 0.346 e. The van der Waals surface area contributed by atoms with Gasteiger partial charge in [-0.05, 0) is 38.2 Å². The third kappa shape index (κ3) is 1.65. The van der Waals surface area contributed by atoms with Gasteiger partial charge in [-0.25, -0.2) is 4.79 Å². The first-order valence-corrected chi connectivity index (χ1v) is 7.65. The van der Waals surface area contributed by atoms with Crippen LogP contribution in [0, 0.1) is 6.92 Å². The van der Waals surface area contributed by atoms with E-state index in [1.54, 1.807) is 0 Å². The van der Waals surface area contributed by atoms with Crippen molar-refractivity contribution in [3.63, 3.8) is 0 Å². The van der Waals surface area contributed by atoms with Crippen LogP contribution in [0.1, 0.15) is 49.7 Å². The molecule has 0 radical (unpaired) electrons. The summed E-state index contributed by atoms with van der Waals surface area (Å²) < 4.78 is 11.7. The van der Waals surface area contributed by atoms with Crippen LogP contribution in [0.2, 0.25) is 0 Å². The van der Waals surface area contributed by atoms with Crippen LogP contribution < -0.4 is 0 Å². The van der Waals surface area contributed by atoms with E-state index >= 15 is 0 Å². The van der Waals surface area contributed by atoms with Crippen LogP contribution in [0.25, 0.3) is 0 Å². The molecule has 1 aromatic rings. The van der Waals surface area contributed by atoms with Gasteiger partial charge in [0.25, 0.3) is 0 Å². The highest BCUT2D eigenvalue weighted by atomic mass is 16.7. The number of ether oxygens (including phenoxy) is 2. The zero-order valence-corrected chi connectivity index (χ0v) is 11.9. The molecule has 4 rings (SSSR count). The van der Waals surface area contributed by atoms with Crippen LogP contribution in [-0.4, -0.2) is 17.7 Å². The molecule has 3 aliphatic rings. The second kappa shape index (κ2) is 4.08. The molecule has 0 N–H and O–H groups in total. The number of benzene rings is 1. The van der Waals surface area contributed by atoms with Gasteiger partial charge in [-0.15, -0.1) is 0 Å². The number of aryl methyl sites for hydroxylation is 1. The lowest BCUT2D eigenvalue weighted by Gasteiger charge is -2.16. The van der Waals surface area contributed by atoms with Gasteiger partial charge in [-0.2, -0.15) is 0 Å². The van der Waals surface area contributed by atoms with E-state index in [-0.39, 0.29) is 17.7 Å². The molecule has 2 aliphatic carbocycles. The molecule has 1 atom stereocenters. The highest BCUT2D eigenvalue weighted by Gasteiger charge is 2.76. The molecule has 0 aromatic heterocycles. The van der Waals surface area contributed by atoms with Gasteiger partial charge in [0.2, 0.25) is 5.60 Å². The molecule has 1 aromatic carbocycles. The molecular weight excluding hydrogens is 252 g/mol. The van der Waals surface area contributed by atoms with Gasteiger partial charge in [0.05, 0.1) is 0 Å². The summed E-state index contributed by atoms with van der Waals surface area (Å²) in [6.45, 7) is 2.05. The molecule has 2 saturated carbocycles. The second-order valence-electron chi connectivity index (χ2n) is 6.46. The fraction of sp³-hybridized carbons (Fsp3) is 0.588. The molecule has 20 heavy (non-hydrogen) atoms. The Morgan fingerprint density at radius 2 is 1.85 bits per heavy atom. The maximum atomic E-state index is 12.7. The zero-order chi connectivity index (χ0) is 13.8. The first kappa shape index (κ1) is 12.4. The number of epoxide rings is 1. The van der Waals surface area contributed by atoms with Crippen LogP contribution in [0.5, 0.6) is 0 Å². The SMILES string of the molecule is Cc1ccc(C2(C(=O)OC3CC3)OC23CCCC3)cc1. The van der Waals surface area contributed by atoms with E-state index in [4.69, 9.17) is 9.47 Å². The normalized spacial score (nSPS) is 30.4. The standard InChI is InChI=1S/C17H20O3/c1-12-4-6-13(7-5-12)17(15(18)19-14-8-9-14)16(20-17)10-2-3-11-16/h4-7,14H,2-3,8-11H2,1H3. The summed E-state index contributed by atoms with van der Waals surface area (Å²) in [6, 6.07) is 8.14. The van der Waals surface area contributed by atoms with Crippen molar-refractivity contribution in [2.24, 2.45) is 0 Å². The second-order valence-corrected chi connectivity index (χ2v) is 6.46. The Bertz CT molecular complexity index is 538. The van der Waals surface area contributed by atoms with Crippen molar-refractivity contribution in [3.05, 3.63) is 35.4 Å². The molecule has 3 fully saturated rings. The van der Waals surface area contributed by atoms with Gasteiger partial charge in [-0.1, -0.05) is 42.7 Å². The highest BCUT2D eigenvalue weighted by molar-refractivity contribution is 5.87. The topological polar surface area (TPSA) is 38.8 Å². The van der Waals surface area contributed by atoms with Crippen molar-refractivity contribution < 1.29 is 14.3 Å². The predicted molar refractivity (Wildman–Crippen MR) is 74.3 cm³/mol. The molecule has 1 spiro atoms. The molecular formula is C17H20O3. The fourth-order valence-electron chi connectivity index (χ4n) is 3.54. The van der Waals surface area contributed by atoms with Crippen LogP contribution in [0.15, 0.2) is 24.3 Å². The minimum absolute atomic E-state index is 0.132. The van der Waals surface area contributed by atoms with Crippen molar-refractivity contribution in [2.45, 2.75) is 62.8 Å². The fourth-order valence-corrected chi connectivity index (χ4v) is 3.54. The first-order chi connectivity index (χ1) is 9.66. The van der Waals surface area contributed by atoms with E-state index in [0.29, 0.717) is 0 Å². The largest absolute Gasteiger partial charge is 0.460 e. The van der Waals surface area contributed by atoms with Gasteiger partial charge in [-0.3, -0.25) is 0 Å². The Balaban J connectivity index is 1.70. The summed E-state index contributed by atoms with van der Waals surface area (Å²) in [6.07, 6.45) is 6.37. The smallest absolute Gasteiger partial charge is 0.346 e. The summed E-state index contributed by atoms with van der Waals surface area (Å²) in [7, 11) is 0. The quantitative estimate of drug-likeness (QED) is 0.626. The zero-order valence-electron chi connectivity index (χ0n) is 11.9. The average molecular weight is 272 g/mol.